The molecule has 21 heavy (non-hydrogen) atoms. The van der Waals surface area contributed by atoms with Crippen molar-refractivity contribution in [1.82, 2.24) is 14.9 Å². The molecular formula is C16H29N3O2. The number of ether oxygens (including phenoxy) is 2. The highest BCUT2D eigenvalue weighted by Gasteiger charge is 2.43. The zero-order valence-electron chi connectivity index (χ0n) is 13.6. The van der Waals surface area contributed by atoms with E-state index in [0.29, 0.717) is 0 Å². The molecule has 5 heteroatoms. The minimum absolute atomic E-state index is 0.122. The van der Waals surface area contributed by atoms with Crippen molar-refractivity contribution < 1.29 is 9.47 Å². The molecule has 2 heterocycles. The average Bonchev–Trinajstić information content (AvgIpc) is 2.97. The highest BCUT2D eigenvalue weighted by Crippen LogP contribution is 2.37. The first-order valence-electron chi connectivity index (χ1n) is 8.23. The van der Waals surface area contributed by atoms with Gasteiger partial charge in [0.2, 0.25) is 0 Å². The van der Waals surface area contributed by atoms with E-state index in [2.05, 4.69) is 41.8 Å². The van der Waals surface area contributed by atoms with E-state index in [1.54, 1.807) is 0 Å². The SMILES string of the molecule is CCCNC(c1nccn1CC)C1(OCC)CCOCC1. The second-order valence-corrected chi connectivity index (χ2v) is 5.57. The van der Waals surface area contributed by atoms with E-state index in [-0.39, 0.29) is 11.6 Å². The Balaban J connectivity index is 2.31. The maximum Gasteiger partial charge on any atom is 0.128 e. The summed E-state index contributed by atoms with van der Waals surface area (Å²) in [5.41, 5.74) is -0.208. The fraction of sp³-hybridized carbons (Fsp3) is 0.812. The fourth-order valence-corrected chi connectivity index (χ4v) is 3.17. The maximum absolute atomic E-state index is 6.26. The van der Waals surface area contributed by atoms with Gasteiger partial charge in [0.15, 0.2) is 0 Å². The molecule has 1 N–H and O–H groups in total. The third-order valence-electron chi connectivity index (χ3n) is 4.24. The Morgan fingerprint density at radius 1 is 1.38 bits per heavy atom. The molecule has 0 aromatic carbocycles. The van der Waals surface area contributed by atoms with Gasteiger partial charge in [0.25, 0.3) is 0 Å². The number of hydrogen-bond acceptors (Lipinski definition) is 4. The van der Waals surface area contributed by atoms with E-state index in [0.717, 1.165) is 58.0 Å². The third kappa shape index (κ3) is 3.65. The van der Waals surface area contributed by atoms with Gasteiger partial charge >= 0.3 is 0 Å². The Bertz CT molecular complexity index is 408. The van der Waals surface area contributed by atoms with Gasteiger partial charge in [-0.05, 0) is 26.8 Å². The van der Waals surface area contributed by atoms with Crippen molar-refractivity contribution in [3.63, 3.8) is 0 Å². The lowest BCUT2D eigenvalue weighted by Crippen LogP contribution is -2.51. The lowest BCUT2D eigenvalue weighted by molar-refractivity contribution is -0.129. The molecule has 0 spiro atoms. The van der Waals surface area contributed by atoms with Gasteiger partial charge in [0, 0.05) is 51.6 Å². The van der Waals surface area contributed by atoms with Crippen molar-refractivity contribution in [2.75, 3.05) is 26.4 Å². The molecule has 120 valence electrons. The second-order valence-electron chi connectivity index (χ2n) is 5.57. The molecule has 0 saturated carbocycles. The maximum atomic E-state index is 6.26. The number of aromatic nitrogens is 2. The number of rotatable bonds is 8. The summed E-state index contributed by atoms with van der Waals surface area (Å²) in [6, 6.07) is 0.122. The largest absolute Gasteiger partial charge is 0.381 e. The van der Waals surface area contributed by atoms with Gasteiger partial charge in [0.1, 0.15) is 5.82 Å². The van der Waals surface area contributed by atoms with Crippen LogP contribution in [-0.4, -0.2) is 41.5 Å². The fourth-order valence-electron chi connectivity index (χ4n) is 3.17. The van der Waals surface area contributed by atoms with Crippen LogP contribution in [-0.2, 0) is 16.0 Å². The standard InChI is InChI=1S/C16H29N3O2/c1-4-9-17-14(15-18-10-11-19(15)5-2)16(21-6-3)7-12-20-13-8-16/h10-11,14,17H,4-9,12-13H2,1-3H3. The van der Waals surface area contributed by atoms with E-state index in [9.17, 15) is 0 Å². The Kier molecular flexibility index (Phi) is 6.21. The molecule has 0 aliphatic carbocycles. The lowest BCUT2D eigenvalue weighted by Gasteiger charge is -2.43. The number of nitrogens with zero attached hydrogens (tertiary/aromatic N) is 2. The van der Waals surface area contributed by atoms with Crippen LogP contribution in [0.3, 0.4) is 0 Å². The quantitative estimate of drug-likeness (QED) is 0.800. The predicted molar refractivity (Wildman–Crippen MR) is 83.3 cm³/mol. The van der Waals surface area contributed by atoms with E-state index in [4.69, 9.17) is 9.47 Å². The Hall–Kier alpha value is -0.910. The Morgan fingerprint density at radius 2 is 2.14 bits per heavy atom. The lowest BCUT2D eigenvalue weighted by atomic mass is 9.85. The van der Waals surface area contributed by atoms with Gasteiger partial charge in [0.05, 0.1) is 11.6 Å². The van der Waals surface area contributed by atoms with Crippen molar-refractivity contribution in [2.45, 2.75) is 58.2 Å². The summed E-state index contributed by atoms with van der Waals surface area (Å²) >= 11 is 0. The van der Waals surface area contributed by atoms with Crippen molar-refractivity contribution in [1.29, 1.82) is 0 Å². The van der Waals surface area contributed by atoms with Crippen LogP contribution in [0.2, 0.25) is 0 Å². The van der Waals surface area contributed by atoms with E-state index >= 15 is 0 Å². The summed E-state index contributed by atoms with van der Waals surface area (Å²) < 4.78 is 14.0. The van der Waals surface area contributed by atoms with Crippen LogP contribution in [0.1, 0.15) is 51.9 Å². The normalized spacial score (nSPS) is 19.6. The smallest absolute Gasteiger partial charge is 0.128 e. The molecule has 1 aliphatic heterocycles. The zero-order chi connectivity index (χ0) is 15.1. The van der Waals surface area contributed by atoms with Crippen LogP contribution < -0.4 is 5.32 Å². The van der Waals surface area contributed by atoms with E-state index < -0.39 is 0 Å². The summed E-state index contributed by atoms with van der Waals surface area (Å²) in [4.78, 5) is 4.62. The summed E-state index contributed by atoms with van der Waals surface area (Å²) in [6.45, 7) is 10.5. The van der Waals surface area contributed by atoms with Crippen LogP contribution in [0.5, 0.6) is 0 Å². The summed E-state index contributed by atoms with van der Waals surface area (Å²) in [6.07, 6.45) is 6.87. The van der Waals surface area contributed by atoms with Crippen LogP contribution in [0.25, 0.3) is 0 Å². The molecule has 1 atom stereocenters. The van der Waals surface area contributed by atoms with Gasteiger partial charge in [-0.3, -0.25) is 0 Å². The van der Waals surface area contributed by atoms with Gasteiger partial charge in [-0.15, -0.1) is 0 Å². The molecule has 0 radical (unpaired) electrons. The number of imidazole rings is 1. The monoisotopic (exact) mass is 295 g/mol. The van der Waals surface area contributed by atoms with Crippen molar-refractivity contribution in [3.05, 3.63) is 18.2 Å². The number of hydrogen-bond donors (Lipinski definition) is 1. The molecule has 2 rings (SSSR count). The third-order valence-corrected chi connectivity index (χ3v) is 4.24. The molecule has 0 bridgehead atoms. The first-order valence-corrected chi connectivity index (χ1v) is 8.23. The predicted octanol–water partition coefficient (Wildman–Crippen LogP) is 2.53. The van der Waals surface area contributed by atoms with Crippen molar-refractivity contribution in [3.8, 4) is 0 Å². The van der Waals surface area contributed by atoms with Gasteiger partial charge in [-0.25, -0.2) is 4.98 Å². The number of aryl methyl sites for hydroxylation is 1. The highest BCUT2D eigenvalue weighted by molar-refractivity contribution is 5.09. The van der Waals surface area contributed by atoms with Gasteiger partial charge in [-0.1, -0.05) is 6.92 Å². The van der Waals surface area contributed by atoms with E-state index in [1.807, 2.05) is 6.20 Å². The van der Waals surface area contributed by atoms with Gasteiger partial charge < -0.3 is 19.4 Å². The van der Waals surface area contributed by atoms with Crippen LogP contribution >= 0.6 is 0 Å². The second kappa shape index (κ2) is 7.92. The van der Waals surface area contributed by atoms with Crippen molar-refractivity contribution in [2.24, 2.45) is 0 Å². The minimum atomic E-state index is -0.208. The molecule has 1 unspecified atom stereocenters. The highest BCUT2D eigenvalue weighted by atomic mass is 16.5. The first kappa shape index (κ1) is 16.5. The summed E-state index contributed by atoms with van der Waals surface area (Å²) in [5.74, 6) is 1.08. The van der Waals surface area contributed by atoms with Crippen LogP contribution in [0.4, 0.5) is 0 Å². The molecule has 1 aromatic heterocycles. The van der Waals surface area contributed by atoms with Crippen LogP contribution in [0.15, 0.2) is 12.4 Å². The number of nitrogens with one attached hydrogen (secondary N) is 1. The molecule has 1 fully saturated rings. The topological polar surface area (TPSA) is 48.3 Å². The molecule has 0 amide bonds. The Labute approximate surface area is 128 Å². The Morgan fingerprint density at radius 3 is 2.76 bits per heavy atom. The molecule has 5 nitrogen and oxygen atoms in total. The first-order chi connectivity index (χ1) is 10.3. The van der Waals surface area contributed by atoms with Crippen molar-refractivity contribution >= 4 is 0 Å². The summed E-state index contributed by atoms with van der Waals surface area (Å²) in [7, 11) is 0. The van der Waals surface area contributed by atoms with Gasteiger partial charge in [-0.2, -0.15) is 0 Å². The van der Waals surface area contributed by atoms with Crippen LogP contribution in [0, 0.1) is 0 Å². The van der Waals surface area contributed by atoms with E-state index in [1.165, 1.54) is 0 Å². The molecule has 1 saturated heterocycles. The zero-order valence-corrected chi connectivity index (χ0v) is 13.6. The molecule has 1 aromatic rings. The minimum Gasteiger partial charge on any atom is -0.381 e. The molecule has 1 aliphatic rings. The molecular weight excluding hydrogens is 266 g/mol. The summed E-state index contributed by atoms with van der Waals surface area (Å²) in [5, 5.41) is 3.68. The average molecular weight is 295 g/mol.